The number of nitrogens with one attached hydrogen (secondary N) is 1. The van der Waals surface area contributed by atoms with Gasteiger partial charge in [-0.1, -0.05) is 11.3 Å². The maximum atomic E-state index is 11.4. The predicted molar refractivity (Wildman–Crippen MR) is 74.1 cm³/mol. The second-order valence-corrected chi connectivity index (χ2v) is 4.70. The van der Waals surface area contributed by atoms with Gasteiger partial charge in [0.25, 0.3) is 0 Å². The van der Waals surface area contributed by atoms with E-state index >= 15 is 0 Å². The summed E-state index contributed by atoms with van der Waals surface area (Å²) in [7, 11) is 0. The topological polar surface area (TPSA) is 81.5 Å². The molecule has 1 heterocycles. The molecule has 1 aromatic rings. The maximum Gasteiger partial charge on any atom is 0.324 e. The van der Waals surface area contributed by atoms with Crippen LogP contribution in [0.5, 0.6) is 0 Å². The molecule has 104 valence electrons. The molecule has 1 amide bonds. The van der Waals surface area contributed by atoms with Gasteiger partial charge in [0.05, 0.1) is 4.92 Å². The van der Waals surface area contributed by atoms with Crippen molar-refractivity contribution in [3.05, 3.63) is 33.2 Å². The Bertz CT molecular complexity index is 456. The van der Waals surface area contributed by atoms with Gasteiger partial charge in [-0.2, -0.15) is 0 Å². The molecule has 1 N–H and O–H groups in total. The lowest BCUT2D eigenvalue weighted by atomic mass is 10.4. The predicted octanol–water partition coefficient (Wildman–Crippen LogP) is 2.21. The van der Waals surface area contributed by atoms with Crippen molar-refractivity contribution in [1.29, 1.82) is 0 Å². The monoisotopic (exact) mass is 284 g/mol. The summed E-state index contributed by atoms with van der Waals surface area (Å²) in [6, 6.07) is 3.03. The van der Waals surface area contributed by atoms with Gasteiger partial charge in [0.1, 0.15) is 0 Å². The molecule has 0 spiro atoms. The third kappa shape index (κ3) is 6.12. The van der Waals surface area contributed by atoms with E-state index in [2.05, 4.69) is 5.32 Å². The minimum Gasteiger partial charge on any atom is -0.382 e. The quantitative estimate of drug-likeness (QED) is 0.343. The first-order valence-electron chi connectivity index (χ1n) is 5.91. The molecule has 0 radical (unpaired) electrons. The van der Waals surface area contributed by atoms with Crippen LogP contribution in [0, 0.1) is 10.1 Å². The number of amides is 1. The van der Waals surface area contributed by atoms with Gasteiger partial charge >= 0.3 is 5.00 Å². The second kappa shape index (κ2) is 8.39. The molecule has 0 atom stereocenters. The Morgan fingerprint density at radius 3 is 3.00 bits per heavy atom. The number of carbonyl (C=O) groups is 1. The van der Waals surface area contributed by atoms with E-state index in [9.17, 15) is 14.9 Å². The molecule has 0 saturated heterocycles. The zero-order chi connectivity index (χ0) is 14.1. The number of hydrogen-bond acceptors (Lipinski definition) is 5. The van der Waals surface area contributed by atoms with Crippen LogP contribution >= 0.6 is 11.3 Å². The van der Waals surface area contributed by atoms with Crippen molar-refractivity contribution < 1.29 is 14.5 Å². The minimum atomic E-state index is -0.449. The Morgan fingerprint density at radius 2 is 2.37 bits per heavy atom. The molecule has 19 heavy (non-hydrogen) atoms. The van der Waals surface area contributed by atoms with Crippen molar-refractivity contribution >= 4 is 28.3 Å². The molecule has 0 aliphatic heterocycles. The van der Waals surface area contributed by atoms with Gasteiger partial charge in [0.2, 0.25) is 5.91 Å². The minimum absolute atomic E-state index is 0.0665. The molecule has 0 aromatic carbocycles. The first-order chi connectivity index (χ1) is 9.13. The van der Waals surface area contributed by atoms with Crippen LogP contribution in [-0.4, -0.2) is 30.6 Å². The number of thiophene rings is 1. The largest absolute Gasteiger partial charge is 0.382 e. The summed E-state index contributed by atoms with van der Waals surface area (Å²) in [6.07, 6.45) is 3.70. The van der Waals surface area contributed by atoms with E-state index in [0.717, 1.165) is 17.8 Å². The summed E-state index contributed by atoms with van der Waals surface area (Å²) < 4.78 is 5.14. The number of carbonyl (C=O) groups excluding carboxylic acids is 1. The molecule has 0 saturated carbocycles. The number of ether oxygens (including phenoxy) is 1. The molecule has 0 fully saturated rings. The van der Waals surface area contributed by atoms with Crippen LogP contribution < -0.4 is 5.32 Å². The van der Waals surface area contributed by atoms with Crippen molar-refractivity contribution in [2.24, 2.45) is 0 Å². The maximum absolute atomic E-state index is 11.4. The van der Waals surface area contributed by atoms with Crippen LogP contribution in [0.25, 0.3) is 6.08 Å². The van der Waals surface area contributed by atoms with Crippen LogP contribution in [0.4, 0.5) is 5.00 Å². The van der Waals surface area contributed by atoms with E-state index in [0.29, 0.717) is 24.6 Å². The third-order valence-corrected chi connectivity index (χ3v) is 3.16. The van der Waals surface area contributed by atoms with Gasteiger partial charge in [-0.3, -0.25) is 14.9 Å². The number of nitro groups is 1. The van der Waals surface area contributed by atoms with Crippen molar-refractivity contribution in [3.8, 4) is 0 Å². The summed E-state index contributed by atoms with van der Waals surface area (Å²) in [5, 5.41) is 13.3. The van der Waals surface area contributed by atoms with E-state index in [1.165, 1.54) is 12.1 Å². The van der Waals surface area contributed by atoms with Crippen LogP contribution in [0.3, 0.4) is 0 Å². The lowest BCUT2D eigenvalue weighted by molar-refractivity contribution is -0.380. The van der Waals surface area contributed by atoms with Crippen LogP contribution in [0.2, 0.25) is 0 Å². The molecule has 0 aliphatic rings. The smallest absolute Gasteiger partial charge is 0.324 e. The Balaban J connectivity index is 2.30. The zero-order valence-corrected chi connectivity index (χ0v) is 11.4. The molecule has 0 bridgehead atoms. The Labute approximate surface area is 115 Å². The number of hydrogen-bond donors (Lipinski definition) is 1. The van der Waals surface area contributed by atoms with Crippen molar-refractivity contribution in [2.75, 3.05) is 19.8 Å². The first-order valence-corrected chi connectivity index (χ1v) is 6.73. The van der Waals surface area contributed by atoms with Gasteiger partial charge in [0.15, 0.2) is 0 Å². The van der Waals surface area contributed by atoms with E-state index in [-0.39, 0.29) is 10.9 Å². The van der Waals surface area contributed by atoms with Crippen molar-refractivity contribution in [1.82, 2.24) is 5.32 Å². The average molecular weight is 284 g/mol. The lowest BCUT2D eigenvalue weighted by Crippen LogP contribution is -2.23. The van der Waals surface area contributed by atoms with Gasteiger partial charge in [-0.25, -0.2) is 0 Å². The fourth-order valence-corrected chi connectivity index (χ4v) is 2.00. The van der Waals surface area contributed by atoms with Gasteiger partial charge in [-0.15, -0.1) is 0 Å². The van der Waals surface area contributed by atoms with Crippen LogP contribution in [0.15, 0.2) is 18.2 Å². The molecule has 1 aromatic heterocycles. The van der Waals surface area contributed by atoms with Crippen molar-refractivity contribution in [2.45, 2.75) is 13.3 Å². The Hall–Kier alpha value is -1.73. The molecule has 0 unspecified atom stereocenters. The van der Waals surface area contributed by atoms with E-state index in [1.54, 1.807) is 12.1 Å². The number of rotatable bonds is 8. The van der Waals surface area contributed by atoms with E-state index < -0.39 is 4.92 Å². The molecule has 0 aliphatic carbocycles. The second-order valence-electron chi connectivity index (χ2n) is 3.61. The standard InChI is InChI=1S/C12H16N2O4S/c1-2-18-9-3-8-13-11(15)6-4-10-5-7-12(19-10)14(16)17/h4-7H,2-3,8-9H2,1H3,(H,13,15)/b6-4+. The Morgan fingerprint density at radius 1 is 1.58 bits per heavy atom. The fraction of sp³-hybridized carbons (Fsp3) is 0.417. The number of nitrogens with zero attached hydrogens (tertiary/aromatic N) is 1. The summed E-state index contributed by atoms with van der Waals surface area (Å²) in [6.45, 7) is 3.76. The molecule has 6 nitrogen and oxygen atoms in total. The molecular formula is C12H16N2O4S. The Kier molecular flexibility index (Phi) is 6.76. The summed E-state index contributed by atoms with van der Waals surface area (Å²) in [4.78, 5) is 22.1. The van der Waals surface area contributed by atoms with E-state index in [1.807, 2.05) is 6.92 Å². The highest BCUT2D eigenvalue weighted by Gasteiger charge is 2.07. The van der Waals surface area contributed by atoms with Gasteiger partial charge in [-0.05, 0) is 25.5 Å². The zero-order valence-electron chi connectivity index (χ0n) is 10.6. The highest BCUT2D eigenvalue weighted by molar-refractivity contribution is 7.16. The SMILES string of the molecule is CCOCCCNC(=O)/C=C/c1ccc([N+](=O)[O-])s1. The summed E-state index contributed by atoms with van der Waals surface area (Å²) in [5.74, 6) is -0.215. The molecule has 7 heteroatoms. The highest BCUT2D eigenvalue weighted by atomic mass is 32.1. The first kappa shape index (κ1) is 15.3. The molecule has 1 rings (SSSR count). The summed E-state index contributed by atoms with van der Waals surface area (Å²) in [5.41, 5.74) is 0. The van der Waals surface area contributed by atoms with Gasteiger partial charge < -0.3 is 10.1 Å². The van der Waals surface area contributed by atoms with Crippen molar-refractivity contribution in [3.63, 3.8) is 0 Å². The highest BCUT2D eigenvalue weighted by Crippen LogP contribution is 2.24. The van der Waals surface area contributed by atoms with Crippen LogP contribution in [-0.2, 0) is 9.53 Å². The van der Waals surface area contributed by atoms with Crippen LogP contribution in [0.1, 0.15) is 18.2 Å². The average Bonchev–Trinajstić information content (AvgIpc) is 2.85. The normalized spacial score (nSPS) is 10.8. The van der Waals surface area contributed by atoms with Gasteiger partial charge in [0, 0.05) is 36.8 Å². The van der Waals surface area contributed by atoms with E-state index in [4.69, 9.17) is 4.74 Å². The lowest BCUT2D eigenvalue weighted by Gasteiger charge is -2.01. The third-order valence-electron chi connectivity index (χ3n) is 2.16. The fourth-order valence-electron chi connectivity index (χ4n) is 1.28. The molecular weight excluding hydrogens is 268 g/mol. The summed E-state index contributed by atoms with van der Waals surface area (Å²) >= 11 is 1.03.